The number of hydrogen-bond donors (Lipinski definition) is 3. The third-order valence-electron chi connectivity index (χ3n) is 2.31. The summed E-state index contributed by atoms with van der Waals surface area (Å²) >= 11 is 0. The average molecular weight is 172 g/mol. The predicted octanol–water partition coefficient (Wildman–Crippen LogP) is -0.0695. The zero-order valence-corrected chi connectivity index (χ0v) is 7.12. The Kier molecular flexibility index (Phi) is 3.49. The molecule has 1 aliphatic rings. The molecule has 0 spiro atoms. The molecule has 4 nitrogen and oxygen atoms in total. The maximum absolute atomic E-state index is 10.2. The second kappa shape index (κ2) is 4.42. The summed E-state index contributed by atoms with van der Waals surface area (Å²) in [5.74, 6) is -0.787. The van der Waals surface area contributed by atoms with Gasteiger partial charge < -0.3 is 16.2 Å². The highest BCUT2D eigenvalue weighted by atomic mass is 16.4. The van der Waals surface area contributed by atoms with Gasteiger partial charge in [-0.1, -0.05) is 0 Å². The lowest BCUT2D eigenvalue weighted by Crippen LogP contribution is -2.39. The molecule has 1 aliphatic carbocycles. The molecule has 1 saturated carbocycles. The molecule has 0 amide bonds. The van der Waals surface area contributed by atoms with E-state index < -0.39 is 5.97 Å². The van der Waals surface area contributed by atoms with Crippen LogP contribution in [0.25, 0.3) is 0 Å². The van der Waals surface area contributed by atoms with Crippen LogP contribution in [0.2, 0.25) is 0 Å². The molecule has 1 rings (SSSR count). The summed E-state index contributed by atoms with van der Waals surface area (Å²) in [7, 11) is 0. The summed E-state index contributed by atoms with van der Waals surface area (Å²) in [6, 6.07) is 0.689. The molecule has 1 fully saturated rings. The number of carbonyl (C=O) groups is 1. The smallest absolute Gasteiger partial charge is 0.317 e. The topological polar surface area (TPSA) is 75.3 Å². The van der Waals surface area contributed by atoms with Gasteiger partial charge in [0.1, 0.15) is 0 Å². The molecular formula is C8H16N2O2. The van der Waals surface area contributed by atoms with E-state index in [0.29, 0.717) is 12.1 Å². The van der Waals surface area contributed by atoms with Gasteiger partial charge in [0.15, 0.2) is 0 Å². The van der Waals surface area contributed by atoms with E-state index in [-0.39, 0.29) is 6.54 Å². The molecule has 0 radical (unpaired) electrons. The van der Waals surface area contributed by atoms with Crippen LogP contribution < -0.4 is 11.1 Å². The molecule has 0 aliphatic heterocycles. The van der Waals surface area contributed by atoms with Gasteiger partial charge in [-0.15, -0.1) is 0 Å². The fourth-order valence-corrected chi connectivity index (χ4v) is 1.55. The van der Waals surface area contributed by atoms with Crippen molar-refractivity contribution in [1.82, 2.24) is 5.32 Å². The predicted molar refractivity (Wildman–Crippen MR) is 45.9 cm³/mol. The van der Waals surface area contributed by atoms with E-state index in [1.165, 1.54) is 0 Å². The van der Waals surface area contributed by atoms with Crippen LogP contribution in [0, 0.1) is 0 Å². The highest BCUT2D eigenvalue weighted by Crippen LogP contribution is 2.16. The van der Waals surface area contributed by atoms with Gasteiger partial charge in [0.25, 0.3) is 0 Å². The molecule has 0 saturated heterocycles. The minimum absolute atomic E-state index is 0.0693. The molecule has 4 N–H and O–H groups in total. The summed E-state index contributed by atoms with van der Waals surface area (Å²) in [6.45, 7) is 0.0693. The molecule has 0 aromatic heterocycles. The van der Waals surface area contributed by atoms with Crippen LogP contribution in [0.5, 0.6) is 0 Å². The van der Waals surface area contributed by atoms with Crippen molar-refractivity contribution in [2.45, 2.75) is 37.8 Å². The zero-order chi connectivity index (χ0) is 8.97. The first kappa shape index (κ1) is 9.48. The lowest BCUT2D eigenvalue weighted by molar-refractivity contribution is -0.136. The molecule has 0 unspecified atom stereocenters. The second-order valence-corrected chi connectivity index (χ2v) is 3.39. The number of carboxylic acid groups (broad SMARTS) is 1. The first-order valence-electron chi connectivity index (χ1n) is 4.39. The second-order valence-electron chi connectivity index (χ2n) is 3.39. The Balaban J connectivity index is 2.13. The van der Waals surface area contributed by atoms with E-state index in [1.807, 2.05) is 0 Å². The van der Waals surface area contributed by atoms with Crippen molar-refractivity contribution in [2.24, 2.45) is 5.73 Å². The fourth-order valence-electron chi connectivity index (χ4n) is 1.55. The highest BCUT2D eigenvalue weighted by Gasteiger charge is 2.18. The number of carboxylic acids is 1. The van der Waals surface area contributed by atoms with Crippen molar-refractivity contribution in [1.29, 1.82) is 0 Å². The lowest BCUT2D eigenvalue weighted by atomic mass is 9.92. The van der Waals surface area contributed by atoms with Gasteiger partial charge >= 0.3 is 5.97 Å². The van der Waals surface area contributed by atoms with Crippen LogP contribution in [-0.2, 0) is 4.79 Å². The first-order chi connectivity index (χ1) is 5.68. The van der Waals surface area contributed by atoms with Gasteiger partial charge in [0, 0.05) is 12.1 Å². The van der Waals surface area contributed by atoms with E-state index >= 15 is 0 Å². The Bertz CT molecular complexity index is 153. The van der Waals surface area contributed by atoms with Crippen LogP contribution in [0.4, 0.5) is 0 Å². The Morgan fingerprint density at radius 3 is 2.50 bits per heavy atom. The van der Waals surface area contributed by atoms with Crippen molar-refractivity contribution in [3.8, 4) is 0 Å². The van der Waals surface area contributed by atoms with Crippen molar-refractivity contribution in [3.05, 3.63) is 0 Å². The van der Waals surface area contributed by atoms with Gasteiger partial charge in [-0.2, -0.15) is 0 Å². The minimum Gasteiger partial charge on any atom is -0.480 e. The molecule has 12 heavy (non-hydrogen) atoms. The largest absolute Gasteiger partial charge is 0.480 e. The third-order valence-corrected chi connectivity index (χ3v) is 2.31. The van der Waals surface area contributed by atoms with Gasteiger partial charge in [0.2, 0.25) is 0 Å². The monoisotopic (exact) mass is 172 g/mol. The maximum Gasteiger partial charge on any atom is 0.317 e. The average Bonchev–Trinajstić information content (AvgIpc) is 2.03. The van der Waals surface area contributed by atoms with Crippen molar-refractivity contribution < 1.29 is 9.90 Å². The molecule has 0 bridgehead atoms. The van der Waals surface area contributed by atoms with Crippen molar-refractivity contribution >= 4 is 5.97 Å². The molecule has 4 heteroatoms. The van der Waals surface area contributed by atoms with Crippen LogP contribution in [0.1, 0.15) is 25.7 Å². The van der Waals surface area contributed by atoms with Gasteiger partial charge in [0.05, 0.1) is 6.54 Å². The number of rotatable bonds is 3. The molecule has 0 heterocycles. The lowest BCUT2D eigenvalue weighted by Gasteiger charge is -2.26. The van der Waals surface area contributed by atoms with Crippen LogP contribution in [-0.4, -0.2) is 29.7 Å². The van der Waals surface area contributed by atoms with E-state index in [0.717, 1.165) is 25.7 Å². The Labute approximate surface area is 72.1 Å². The normalized spacial score (nSPS) is 30.1. The summed E-state index contributed by atoms with van der Waals surface area (Å²) in [6.07, 6.45) is 4.04. The number of nitrogens with one attached hydrogen (secondary N) is 1. The van der Waals surface area contributed by atoms with Crippen molar-refractivity contribution in [2.75, 3.05) is 6.54 Å². The fraction of sp³-hybridized carbons (Fsp3) is 0.875. The quantitative estimate of drug-likeness (QED) is 0.557. The third kappa shape index (κ3) is 3.19. The van der Waals surface area contributed by atoms with Crippen molar-refractivity contribution in [3.63, 3.8) is 0 Å². The standard InChI is InChI=1S/C8H16N2O2/c9-6-1-3-7(4-2-6)10-5-8(11)12/h6-7,10H,1-5,9H2,(H,11,12). The summed E-state index contributed by atoms with van der Waals surface area (Å²) in [5.41, 5.74) is 5.71. The summed E-state index contributed by atoms with van der Waals surface area (Å²) in [5, 5.41) is 11.4. The van der Waals surface area contributed by atoms with E-state index in [1.54, 1.807) is 0 Å². The SMILES string of the molecule is NC1CCC(NCC(=O)O)CC1. The van der Waals surface area contributed by atoms with Crippen LogP contribution >= 0.6 is 0 Å². The molecule has 0 aromatic carbocycles. The highest BCUT2D eigenvalue weighted by molar-refractivity contribution is 5.69. The van der Waals surface area contributed by atoms with Gasteiger partial charge in [-0.25, -0.2) is 0 Å². The summed E-state index contributed by atoms with van der Waals surface area (Å²) < 4.78 is 0. The zero-order valence-electron chi connectivity index (χ0n) is 7.12. The van der Waals surface area contributed by atoms with Gasteiger partial charge in [-0.3, -0.25) is 4.79 Å². The van der Waals surface area contributed by atoms with E-state index in [2.05, 4.69) is 5.32 Å². The van der Waals surface area contributed by atoms with E-state index in [9.17, 15) is 4.79 Å². The van der Waals surface area contributed by atoms with Gasteiger partial charge in [-0.05, 0) is 25.7 Å². The number of nitrogens with two attached hydrogens (primary N) is 1. The molecule has 0 atom stereocenters. The Morgan fingerprint density at radius 1 is 1.42 bits per heavy atom. The molecule has 70 valence electrons. The van der Waals surface area contributed by atoms with Crippen LogP contribution in [0.3, 0.4) is 0 Å². The molecule has 0 aromatic rings. The van der Waals surface area contributed by atoms with Crippen LogP contribution in [0.15, 0.2) is 0 Å². The van der Waals surface area contributed by atoms with E-state index in [4.69, 9.17) is 10.8 Å². The molecular weight excluding hydrogens is 156 g/mol. The summed E-state index contributed by atoms with van der Waals surface area (Å²) in [4.78, 5) is 10.2. The number of aliphatic carboxylic acids is 1. The Morgan fingerprint density at radius 2 is 2.00 bits per heavy atom. The first-order valence-corrected chi connectivity index (χ1v) is 4.39. The number of hydrogen-bond acceptors (Lipinski definition) is 3. The Hall–Kier alpha value is -0.610. The minimum atomic E-state index is -0.787. The maximum atomic E-state index is 10.2.